The summed E-state index contributed by atoms with van der Waals surface area (Å²) in [6.45, 7) is 2.03. The quantitative estimate of drug-likeness (QED) is 0.704. The maximum absolute atomic E-state index is 12.0. The highest BCUT2D eigenvalue weighted by Gasteiger charge is 2.14. The highest BCUT2D eigenvalue weighted by atomic mass is 16.4. The van der Waals surface area contributed by atoms with Gasteiger partial charge in [0.2, 0.25) is 0 Å². The van der Waals surface area contributed by atoms with E-state index in [2.05, 4.69) is 5.10 Å². The van der Waals surface area contributed by atoms with E-state index < -0.39 is 0 Å². The first-order chi connectivity index (χ1) is 9.24. The smallest absolute Gasteiger partial charge is 0.313 e. The van der Waals surface area contributed by atoms with Crippen LogP contribution in [-0.2, 0) is 0 Å². The van der Waals surface area contributed by atoms with Gasteiger partial charge in [0, 0.05) is 18.0 Å². The first kappa shape index (κ1) is 11.5. The van der Waals surface area contributed by atoms with Crippen LogP contribution in [0.2, 0.25) is 0 Å². The second kappa shape index (κ2) is 4.57. The molecule has 0 radical (unpaired) electrons. The van der Waals surface area contributed by atoms with E-state index in [0.717, 1.165) is 5.56 Å². The van der Waals surface area contributed by atoms with E-state index in [1.807, 2.05) is 31.2 Å². The Balaban J connectivity index is 1.91. The largest absolute Gasteiger partial charge is 0.451 e. The third-order valence-electron chi connectivity index (χ3n) is 2.87. The van der Waals surface area contributed by atoms with Crippen LogP contribution in [0.15, 0.2) is 59.3 Å². The molecule has 0 aliphatic rings. The van der Waals surface area contributed by atoms with Crippen LogP contribution < -0.4 is 0 Å². The van der Waals surface area contributed by atoms with E-state index in [-0.39, 0.29) is 11.7 Å². The molecule has 0 aliphatic carbocycles. The van der Waals surface area contributed by atoms with Gasteiger partial charge in [0.05, 0.1) is 0 Å². The second-order valence-corrected chi connectivity index (χ2v) is 4.29. The lowest BCUT2D eigenvalue weighted by atomic mass is 10.1. The maximum atomic E-state index is 12.0. The van der Waals surface area contributed by atoms with Gasteiger partial charge in [-0.15, -0.1) is 0 Å². The molecule has 3 rings (SSSR count). The molecule has 0 saturated carbocycles. The number of rotatable bonds is 2. The van der Waals surface area contributed by atoms with Gasteiger partial charge in [-0.05, 0) is 25.1 Å². The summed E-state index contributed by atoms with van der Waals surface area (Å²) in [4.78, 5) is 12.0. The molecule has 0 unspecified atom stereocenters. The first-order valence-corrected chi connectivity index (χ1v) is 5.95. The Bertz CT molecular complexity index is 694. The standard InChI is InChI=1S/C15H12N2O2/c1-11-3-5-12(6-4-11)13-7-8-14(19-13)15(18)17-10-2-9-16-17/h2-10H,1H3. The minimum atomic E-state index is -0.275. The van der Waals surface area contributed by atoms with Crippen LogP contribution >= 0.6 is 0 Å². The minimum absolute atomic E-state index is 0.275. The van der Waals surface area contributed by atoms with Crippen molar-refractivity contribution in [2.24, 2.45) is 0 Å². The van der Waals surface area contributed by atoms with E-state index in [9.17, 15) is 4.79 Å². The Morgan fingerprint density at radius 1 is 1.16 bits per heavy atom. The van der Waals surface area contributed by atoms with Crippen molar-refractivity contribution in [1.29, 1.82) is 0 Å². The predicted octanol–water partition coefficient (Wildman–Crippen LogP) is 3.14. The average molecular weight is 252 g/mol. The van der Waals surface area contributed by atoms with Crippen LogP contribution in [0.1, 0.15) is 16.1 Å². The van der Waals surface area contributed by atoms with E-state index in [1.54, 1.807) is 30.6 Å². The summed E-state index contributed by atoms with van der Waals surface area (Å²) >= 11 is 0. The average Bonchev–Trinajstić information content (AvgIpc) is 3.10. The summed E-state index contributed by atoms with van der Waals surface area (Å²) in [7, 11) is 0. The van der Waals surface area contributed by atoms with Gasteiger partial charge in [0.25, 0.3) is 0 Å². The van der Waals surface area contributed by atoms with Gasteiger partial charge in [0.15, 0.2) is 5.76 Å². The number of aromatic nitrogens is 2. The summed E-state index contributed by atoms with van der Waals surface area (Å²) in [5, 5.41) is 3.89. The van der Waals surface area contributed by atoms with E-state index in [4.69, 9.17) is 4.42 Å². The monoisotopic (exact) mass is 252 g/mol. The molecule has 3 aromatic rings. The van der Waals surface area contributed by atoms with Gasteiger partial charge in [-0.3, -0.25) is 4.79 Å². The number of benzene rings is 1. The number of hydrogen-bond donors (Lipinski definition) is 0. The minimum Gasteiger partial charge on any atom is -0.451 e. The van der Waals surface area contributed by atoms with Crippen LogP contribution in [0, 0.1) is 6.92 Å². The highest BCUT2D eigenvalue weighted by molar-refractivity contribution is 5.93. The molecule has 2 aromatic heterocycles. The Morgan fingerprint density at radius 3 is 2.63 bits per heavy atom. The van der Waals surface area contributed by atoms with Crippen molar-refractivity contribution < 1.29 is 9.21 Å². The molecule has 94 valence electrons. The van der Waals surface area contributed by atoms with Crippen molar-refractivity contribution in [3.63, 3.8) is 0 Å². The summed E-state index contributed by atoms with van der Waals surface area (Å²) in [5.41, 5.74) is 2.13. The van der Waals surface area contributed by atoms with Crippen LogP contribution in [0.25, 0.3) is 11.3 Å². The highest BCUT2D eigenvalue weighted by Crippen LogP contribution is 2.22. The molecule has 19 heavy (non-hydrogen) atoms. The molecule has 0 fully saturated rings. The summed E-state index contributed by atoms with van der Waals surface area (Å²) in [6.07, 6.45) is 3.15. The molecule has 2 heterocycles. The summed E-state index contributed by atoms with van der Waals surface area (Å²) in [5.74, 6) is 0.679. The zero-order valence-corrected chi connectivity index (χ0v) is 10.4. The topological polar surface area (TPSA) is 48.0 Å². The van der Waals surface area contributed by atoms with Crippen LogP contribution in [0.3, 0.4) is 0 Å². The molecule has 0 saturated heterocycles. The third-order valence-corrected chi connectivity index (χ3v) is 2.87. The molecule has 0 spiro atoms. The zero-order chi connectivity index (χ0) is 13.2. The summed E-state index contributed by atoms with van der Waals surface area (Å²) < 4.78 is 6.83. The fourth-order valence-electron chi connectivity index (χ4n) is 1.83. The molecule has 1 aromatic carbocycles. The van der Waals surface area contributed by atoms with Crippen molar-refractivity contribution in [3.8, 4) is 11.3 Å². The molecule has 0 aliphatic heterocycles. The first-order valence-electron chi connectivity index (χ1n) is 5.95. The maximum Gasteiger partial charge on any atom is 0.313 e. The van der Waals surface area contributed by atoms with Crippen molar-refractivity contribution in [2.75, 3.05) is 0 Å². The molecule has 0 atom stereocenters. The fourth-order valence-corrected chi connectivity index (χ4v) is 1.83. The number of hydrogen-bond acceptors (Lipinski definition) is 3. The Morgan fingerprint density at radius 2 is 1.95 bits per heavy atom. The number of furan rings is 1. The van der Waals surface area contributed by atoms with Crippen molar-refractivity contribution in [3.05, 3.63) is 66.2 Å². The van der Waals surface area contributed by atoms with E-state index in [1.165, 1.54) is 10.2 Å². The molecular weight excluding hydrogens is 240 g/mol. The normalized spacial score (nSPS) is 10.6. The molecule has 4 heteroatoms. The Hall–Kier alpha value is -2.62. The SMILES string of the molecule is Cc1ccc(-c2ccc(C(=O)n3cccn3)o2)cc1. The molecule has 0 amide bonds. The van der Waals surface area contributed by atoms with Crippen LogP contribution in [0.5, 0.6) is 0 Å². The van der Waals surface area contributed by atoms with Crippen molar-refractivity contribution in [2.45, 2.75) is 6.92 Å². The predicted molar refractivity (Wildman–Crippen MR) is 70.8 cm³/mol. The van der Waals surface area contributed by atoms with Gasteiger partial charge >= 0.3 is 5.91 Å². The second-order valence-electron chi connectivity index (χ2n) is 4.29. The van der Waals surface area contributed by atoms with Gasteiger partial charge in [-0.25, -0.2) is 4.68 Å². The lowest BCUT2D eigenvalue weighted by molar-refractivity contribution is 0.0918. The van der Waals surface area contributed by atoms with Gasteiger partial charge in [-0.2, -0.15) is 5.10 Å². The van der Waals surface area contributed by atoms with Crippen molar-refractivity contribution in [1.82, 2.24) is 9.78 Å². The Kier molecular flexibility index (Phi) is 2.76. The van der Waals surface area contributed by atoms with Gasteiger partial charge in [0.1, 0.15) is 5.76 Å². The van der Waals surface area contributed by atoms with E-state index in [0.29, 0.717) is 5.76 Å². The number of nitrogens with zero attached hydrogens (tertiary/aromatic N) is 2. The fraction of sp³-hybridized carbons (Fsp3) is 0.0667. The van der Waals surface area contributed by atoms with Crippen molar-refractivity contribution >= 4 is 5.91 Å². The third kappa shape index (κ3) is 2.20. The molecule has 0 bridgehead atoms. The van der Waals surface area contributed by atoms with Gasteiger partial charge < -0.3 is 4.42 Å². The molecule has 4 nitrogen and oxygen atoms in total. The number of aryl methyl sites for hydroxylation is 1. The van der Waals surface area contributed by atoms with Gasteiger partial charge in [-0.1, -0.05) is 29.8 Å². The lowest BCUT2D eigenvalue weighted by Gasteiger charge is -1.98. The van der Waals surface area contributed by atoms with E-state index >= 15 is 0 Å². The number of carbonyl (C=O) groups is 1. The lowest BCUT2D eigenvalue weighted by Crippen LogP contribution is -2.11. The Labute approximate surface area is 110 Å². The summed E-state index contributed by atoms with van der Waals surface area (Å²) in [6, 6.07) is 13.1. The van der Waals surface area contributed by atoms with Crippen LogP contribution in [0.4, 0.5) is 0 Å². The zero-order valence-electron chi connectivity index (χ0n) is 10.4. The number of carbonyl (C=O) groups excluding carboxylic acids is 1. The van der Waals surface area contributed by atoms with Crippen LogP contribution in [-0.4, -0.2) is 15.7 Å². The molecular formula is C15H12N2O2. The molecule has 0 N–H and O–H groups in total.